The summed E-state index contributed by atoms with van der Waals surface area (Å²) in [7, 11) is 1.60. The van der Waals surface area contributed by atoms with Crippen LogP contribution in [0, 0.1) is 5.82 Å². The molecule has 7 rings (SSSR count). The number of methoxy groups -OCH3 is 1. The Morgan fingerprint density at radius 2 is 1.78 bits per heavy atom. The maximum Gasteiger partial charge on any atom is 0.181 e. The Labute approximate surface area is 234 Å². The third kappa shape index (κ3) is 4.95. The highest BCUT2D eigenvalue weighted by Crippen LogP contribution is 2.33. The van der Waals surface area contributed by atoms with Crippen LogP contribution in [-0.2, 0) is 0 Å². The first kappa shape index (κ1) is 25.1. The Bertz CT molecular complexity index is 1860. The number of imidazole rings is 1. The van der Waals surface area contributed by atoms with Crippen LogP contribution in [0.1, 0.15) is 12.8 Å². The molecule has 2 N–H and O–H groups in total. The topological polar surface area (TPSA) is 118 Å². The number of aromatic nitrogens is 7. The fraction of sp³-hybridized carbons (Fsp3) is 0.233. The molecule has 0 aliphatic carbocycles. The van der Waals surface area contributed by atoms with E-state index in [-0.39, 0.29) is 5.82 Å². The quantitative estimate of drug-likeness (QED) is 0.264. The van der Waals surface area contributed by atoms with Gasteiger partial charge in [-0.3, -0.25) is 15.0 Å². The van der Waals surface area contributed by atoms with Gasteiger partial charge in [0.15, 0.2) is 17.1 Å². The molecule has 0 amide bonds. The Kier molecular flexibility index (Phi) is 6.48. The summed E-state index contributed by atoms with van der Waals surface area (Å²) >= 11 is 0. The summed E-state index contributed by atoms with van der Waals surface area (Å²) in [6.45, 7) is 3.53. The van der Waals surface area contributed by atoms with E-state index in [2.05, 4.69) is 35.0 Å². The Morgan fingerprint density at radius 3 is 2.66 bits per heavy atom. The fourth-order valence-corrected chi connectivity index (χ4v) is 5.30. The average molecular weight is 551 g/mol. The first-order chi connectivity index (χ1) is 20.1. The van der Waals surface area contributed by atoms with Gasteiger partial charge in [0, 0.05) is 47.9 Å². The van der Waals surface area contributed by atoms with Gasteiger partial charge in [0.25, 0.3) is 0 Å². The largest absolute Gasteiger partial charge is 0.495 e. The smallest absolute Gasteiger partial charge is 0.181 e. The molecule has 5 aromatic heterocycles. The highest BCUT2D eigenvalue weighted by molar-refractivity contribution is 5.96. The van der Waals surface area contributed by atoms with Crippen LogP contribution in [-0.4, -0.2) is 73.4 Å². The number of benzene rings is 1. The summed E-state index contributed by atoms with van der Waals surface area (Å²) in [4.78, 5) is 23.7. The van der Waals surface area contributed by atoms with Crippen molar-refractivity contribution < 1.29 is 13.9 Å². The maximum atomic E-state index is 14.7. The molecule has 0 atom stereocenters. The first-order valence-electron chi connectivity index (χ1n) is 13.5. The third-order valence-corrected chi connectivity index (χ3v) is 7.38. The van der Waals surface area contributed by atoms with Crippen LogP contribution in [0.4, 0.5) is 4.39 Å². The SMILES string of the molecule is COc1cncc(-c2cnc3n[nH]c(-c4nc5nccc(-c6cc(F)cc(OCCN7CCCC7)c6)c5[nH]4)c3c2)c1. The molecule has 0 saturated carbocycles. The summed E-state index contributed by atoms with van der Waals surface area (Å²) in [6, 6.07) is 10.5. The molecule has 0 spiro atoms. The van der Waals surface area contributed by atoms with E-state index in [1.165, 1.54) is 25.0 Å². The second-order valence-electron chi connectivity index (χ2n) is 10.0. The molecule has 1 aromatic carbocycles. The van der Waals surface area contributed by atoms with Gasteiger partial charge in [-0.1, -0.05) is 0 Å². The second kappa shape index (κ2) is 10.6. The van der Waals surface area contributed by atoms with Crippen molar-refractivity contribution in [2.75, 3.05) is 33.4 Å². The Hall–Kier alpha value is -4.90. The van der Waals surface area contributed by atoms with E-state index in [0.717, 1.165) is 41.7 Å². The Morgan fingerprint density at radius 1 is 0.927 bits per heavy atom. The predicted octanol–water partition coefficient (Wildman–Crippen LogP) is 5.25. The number of aromatic amines is 2. The number of nitrogens with one attached hydrogen (secondary N) is 2. The fourth-order valence-electron chi connectivity index (χ4n) is 5.30. The number of halogens is 1. The summed E-state index contributed by atoms with van der Waals surface area (Å²) in [5.41, 5.74) is 5.56. The van der Waals surface area contributed by atoms with Crippen LogP contribution in [0.2, 0.25) is 0 Å². The highest BCUT2D eigenvalue weighted by Gasteiger charge is 2.18. The minimum atomic E-state index is -0.367. The molecule has 1 saturated heterocycles. The van der Waals surface area contributed by atoms with Crippen LogP contribution in [0.15, 0.2) is 61.2 Å². The van der Waals surface area contributed by atoms with Crippen molar-refractivity contribution >= 4 is 22.2 Å². The molecule has 1 aliphatic heterocycles. The lowest BCUT2D eigenvalue weighted by Gasteiger charge is -2.15. The summed E-state index contributed by atoms with van der Waals surface area (Å²) in [5, 5.41) is 8.21. The molecule has 0 unspecified atom stereocenters. The van der Waals surface area contributed by atoms with Crippen LogP contribution in [0.25, 0.3) is 56.0 Å². The van der Waals surface area contributed by atoms with E-state index >= 15 is 0 Å². The van der Waals surface area contributed by atoms with Gasteiger partial charge in [-0.05, 0) is 61.8 Å². The van der Waals surface area contributed by atoms with Gasteiger partial charge >= 0.3 is 0 Å². The number of H-pyrrole nitrogens is 2. The van der Waals surface area contributed by atoms with Crippen molar-refractivity contribution in [1.29, 1.82) is 0 Å². The first-order valence-corrected chi connectivity index (χ1v) is 13.5. The van der Waals surface area contributed by atoms with E-state index < -0.39 is 0 Å². The van der Waals surface area contributed by atoms with Gasteiger partial charge in [-0.25, -0.2) is 19.3 Å². The van der Waals surface area contributed by atoms with Crippen molar-refractivity contribution in [1.82, 2.24) is 40.0 Å². The molecule has 0 bridgehead atoms. The van der Waals surface area contributed by atoms with Gasteiger partial charge in [-0.2, -0.15) is 5.10 Å². The zero-order valence-corrected chi connectivity index (χ0v) is 22.4. The van der Waals surface area contributed by atoms with E-state index in [1.807, 2.05) is 24.3 Å². The highest BCUT2D eigenvalue weighted by atomic mass is 19.1. The van der Waals surface area contributed by atoms with Crippen molar-refractivity contribution in [3.63, 3.8) is 0 Å². The third-order valence-electron chi connectivity index (χ3n) is 7.38. The van der Waals surface area contributed by atoms with E-state index in [9.17, 15) is 4.39 Å². The molecule has 206 valence electrons. The van der Waals surface area contributed by atoms with E-state index in [4.69, 9.17) is 14.5 Å². The van der Waals surface area contributed by atoms with Crippen molar-refractivity contribution in [3.05, 3.63) is 67.0 Å². The Balaban J connectivity index is 1.23. The number of hydrogen-bond acceptors (Lipinski definition) is 8. The minimum Gasteiger partial charge on any atom is -0.495 e. The number of ether oxygens (including phenoxy) is 2. The lowest BCUT2D eigenvalue weighted by Crippen LogP contribution is -2.25. The average Bonchev–Trinajstić information content (AvgIpc) is 3.76. The standard InChI is InChI=1S/C30H27FN8O2/c1-40-23-12-19(15-32-17-23)20-13-25-27(37-38-28(25)34-16-20)30-35-26-24(4-5-33-29(26)36-30)18-10-21(31)14-22(11-18)41-9-8-39-6-2-3-7-39/h4-5,10-17H,2-3,6-9H2,1H3,(H,33,35,36)(H,34,37,38). The lowest BCUT2D eigenvalue weighted by molar-refractivity contribution is 0.237. The molecule has 10 nitrogen and oxygen atoms in total. The van der Waals surface area contributed by atoms with Crippen LogP contribution in [0.5, 0.6) is 11.5 Å². The van der Waals surface area contributed by atoms with Crippen molar-refractivity contribution in [2.45, 2.75) is 12.8 Å². The predicted molar refractivity (Wildman–Crippen MR) is 153 cm³/mol. The lowest BCUT2D eigenvalue weighted by atomic mass is 10.1. The molecule has 41 heavy (non-hydrogen) atoms. The summed E-state index contributed by atoms with van der Waals surface area (Å²) in [5.74, 6) is 1.33. The van der Waals surface area contributed by atoms with E-state index in [0.29, 0.717) is 52.0 Å². The van der Waals surface area contributed by atoms with Crippen molar-refractivity contribution in [2.24, 2.45) is 0 Å². The van der Waals surface area contributed by atoms with Gasteiger partial charge in [0.1, 0.15) is 29.6 Å². The maximum absolute atomic E-state index is 14.7. The molecular formula is C30H27FN8O2. The number of rotatable bonds is 8. The number of pyridine rings is 3. The molecule has 11 heteroatoms. The van der Waals surface area contributed by atoms with Crippen molar-refractivity contribution in [3.8, 4) is 45.3 Å². The molecular weight excluding hydrogens is 523 g/mol. The molecule has 0 radical (unpaired) electrons. The van der Waals surface area contributed by atoms with Gasteiger partial charge < -0.3 is 14.5 Å². The molecule has 1 fully saturated rings. The summed E-state index contributed by atoms with van der Waals surface area (Å²) in [6.07, 6.45) is 9.27. The molecule has 6 heterocycles. The van der Waals surface area contributed by atoms with Gasteiger partial charge in [0.05, 0.1) is 24.2 Å². The molecule has 6 aromatic rings. The molecule has 1 aliphatic rings. The zero-order chi connectivity index (χ0) is 27.8. The number of likely N-dealkylation sites (tertiary alicyclic amines) is 1. The number of fused-ring (bicyclic) bond motifs is 2. The van der Waals surface area contributed by atoms with Crippen LogP contribution >= 0.6 is 0 Å². The number of nitrogens with zero attached hydrogens (tertiary/aromatic N) is 6. The van der Waals surface area contributed by atoms with Gasteiger partial charge in [0.2, 0.25) is 0 Å². The number of hydrogen-bond donors (Lipinski definition) is 2. The summed E-state index contributed by atoms with van der Waals surface area (Å²) < 4.78 is 26.0. The second-order valence-corrected chi connectivity index (χ2v) is 10.0. The minimum absolute atomic E-state index is 0.367. The normalized spacial score (nSPS) is 13.8. The zero-order valence-electron chi connectivity index (χ0n) is 22.4. The van der Waals surface area contributed by atoms with E-state index in [1.54, 1.807) is 31.9 Å². The van der Waals surface area contributed by atoms with Crippen LogP contribution in [0.3, 0.4) is 0 Å². The monoisotopic (exact) mass is 550 g/mol. The van der Waals surface area contributed by atoms with Gasteiger partial charge in [-0.15, -0.1) is 0 Å². The van der Waals surface area contributed by atoms with Crippen LogP contribution < -0.4 is 9.47 Å².